The molecule has 0 aliphatic rings. The second kappa shape index (κ2) is 5.25. The molecule has 0 saturated heterocycles. The van der Waals surface area contributed by atoms with Gasteiger partial charge in [0.1, 0.15) is 11.9 Å². The zero-order chi connectivity index (χ0) is 11.4. The SMILES string of the molecule is COc1cc(N)ccc1C(O)C(O)CS. The van der Waals surface area contributed by atoms with Crippen molar-refractivity contribution in [3.8, 4) is 5.75 Å². The Labute approximate surface area is 94.1 Å². The summed E-state index contributed by atoms with van der Waals surface area (Å²) in [5.74, 6) is 0.637. The Morgan fingerprint density at radius 3 is 2.67 bits per heavy atom. The molecule has 1 rings (SSSR count). The van der Waals surface area contributed by atoms with E-state index in [0.29, 0.717) is 17.0 Å². The van der Waals surface area contributed by atoms with Gasteiger partial charge in [-0.15, -0.1) is 0 Å². The van der Waals surface area contributed by atoms with Crippen LogP contribution in [-0.2, 0) is 0 Å². The average molecular weight is 229 g/mol. The van der Waals surface area contributed by atoms with Gasteiger partial charge in [-0.1, -0.05) is 6.07 Å². The Hall–Kier alpha value is -0.910. The lowest BCUT2D eigenvalue weighted by molar-refractivity contribution is 0.0322. The van der Waals surface area contributed by atoms with Gasteiger partial charge >= 0.3 is 0 Å². The van der Waals surface area contributed by atoms with Crippen molar-refractivity contribution in [3.63, 3.8) is 0 Å². The molecule has 84 valence electrons. The van der Waals surface area contributed by atoms with Crippen LogP contribution in [0.5, 0.6) is 5.75 Å². The van der Waals surface area contributed by atoms with Crippen LogP contribution in [0.25, 0.3) is 0 Å². The third kappa shape index (κ3) is 2.77. The number of nitrogen functional groups attached to an aromatic ring is 1. The maximum absolute atomic E-state index is 9.77. The molecule has 0 amide bonds. The lowest BCUT2D eigenvalue weighted by Crippen LogP contribution is -2.20. The minimum Gasteiger partial charge on any atom is -0.496 e. The molecule has 4 nitrogen and oxygen atoms in total. The quantitative estimate of drug-likeness (QED) is 0.450. The largest absolute Gasteiger partial charge is 0.496 e. The second-order valence-electron chi connectivity index (χ2n) is 3.20. The molecule has 2 atom stereocenters. The molecule has 0 aliphatic heterocycles. The van der Waals surface area contributed by atoms with E-state index in [-0.39, 0.29) is 5.75 Å². The van der Waals surface area contributed by atoms with Gasteiger partial charge in [0, 0.05) is 23.1 Å². The van der Waals surface area contributed by atoms with Crippen LogP contribution < -0.4 is 10.5 Å². The van der Waals surface area contributed by atoms with Gasteiger partial charge in [0.15, 0.2) is 0 Å². The standard InChI is InChI=1S/C10H15NO3S/c1-14-9-4-6(11)2-3-7(9)10(13)8(12)5-15/h2-4,8,10,12-13,15H,5,11H2,1H3. The molecule has 15 heavy (non-hydrogen) atoms. The number of aliphatic hydroxyl groups is 2. The van der Waals surface area contributed by atoms with Gasteiger partial charge in [-0.05, 0) is 6.07 Å². The summed E-state index contributed by atoms with van der Waals surface area (Å²) in [5, 5.41) is 19.2. The number of aliphatic hydroxyl groups excluding tert-OH is 2. The number of nitrogens with two attached hydrogens (primary N) is 1. The lowest BCUT2D eigenvalue weighted by atomic mass is 10.0. The van der Waals surface area contributed by atoms with E-state index >= 15 is 0 Å². The predicted octanol–water partition coefficient (Wildman–Crippen LogP) is 0.601. The minimum atomic E-state index is -1.02. The topological polar surface area (TPSA) is 75.7 Å². The van der Waals surface area contributed by atoms with Crippen molar-refractivity contribution < 1.29 is 14.9 Å². The molecule has 4 N–H and O–H groups in total. The van der Waals surface area contributed by atoms with Gasteiger partial charge in [0.2, 0.25) is 0 Å². The number of benzene rings is 1. The highest BCUT2D eigenvalue weighted by Crippen LogP contribution is 2.29. The molecule has 0 aliphatic carbocycles. The van der Waals surface area contributed by atoms with Crippen molar-refractivity contribution >= 4 is 18.3 Å². The fourth-order valence-corrected chi connectivity index (χ4v) is 1.48. The van der Waals surface area contributed by atoms with Crippen LogP contribution in [0.1, 0.15) is 11.7 Å². The number of hydrogen-bond acceptors (Lipinski definition) is 5. The first-order valence-corrected chi connectivity index (χ1v) is 5.13. The van der Waals surface area contributed by atoms with Crippen LogP contribution in [0, 0.1) is 0 Å². The van der Waals surface area contributed by atoms with Crippen molar-refractivity contribution in [1.82, 2.24) is 0 Å². The fourth-order valence-electron chi connectivity index (χ4n) is 1.28. The lowest BCUT2D eigenvalue weighted by Gasteiger charge is -2.18. The van der Waals surface area contributed by atoms with Gasteiger partial charge in [0.05, 0.1) is 13.2 Å². The average Bonchev–Trinajstić information content (AvgIpc) is 2.26. The zero-order valence-electron chi connectivity index (χ0n) is 8.42. The van der Waals surface area contributed by atoms with Crippen LogP contribution in [0.2, 0.25) is 0 Å². The summed E-state index contributed by atoms with van der Waals surface area (Å²) in [6.45, 7) is 0. The summed E-state index contributed by atoms with van der Waals surface area (Å²) in [6.07, 6.45) is -1.94. The maximum atomic E-state index is 9.77. The fraction of sp³-hybridized carbons (Fsp3) is 0.400. The molecular formula is C10H15NO3S. The van der Waals surface area contributed by atoms with Crippen LogP contribution in [0.4, 0.5) is 5.69 Å². The number of anilines is 1. The first-order chi connectivity index (χ1) is 7.10. The Bertz CT molecular complexity index is 332. The Kier molecular flexibility index (Phi) is 4.26. The summed E-state index contributed by atoms with van der Waals surface area (Å²) in [7, 11) is 1.48. The van der Waals surface area contributed by atoms with Crippen LogP contribution in [0.3, 0.4) is 0 Å². The number of ether oxygens (including phenoxy) is 1. The maximum Gasteiger partial charge on any atom is 0.126 e. The van der Waals surface area contributed by atoms with E-state index in [1.807, 2.05) is 0 Å². The van der Waals surface area contributed by atoms with Gasteiger partial charge in [-0.25, -0.2) is 0 Å². The minimum absolute atomic E-state index is 0.175. The molecule has 0 heterocycles. The number of thiol groups is 1. The van der Waals surface area contributed by atoms with Crippen LogP contribution in [-0.4, -0.2) is 29.2 Å². The second-order valence-corrected chi connectivity index (χ2v) is 3.56. The molecule has 0 fully saturated rings. The van der Waals surface area contributed by atoms with E-state index in [9.17, 15) is 10.2 Å². The molecule has 5 heteroatoms. The summed E-state index contributed by atoms with van der Waals surface area (Å²) >= 11 is 3.91. The Morgan fingerprint density at radius 2 is 2.13 bits per heavy atom. The highest BCUT2D eigenvalue weighted by Gasteiger charge is 2.20. The third-order valence-electron chi connectivity index (χ3n) is 2.13. The van der Waals surface area contributed by atoms with Crippen molar-refractivity contribution in [2.45, 2.75) is 12.2 Å². The van der Waals surface area contributed by atoms with E-state index < -0.39 is 12.2 Å². The predicted molar refractivity (Wildman–Crippen MR) is 62.2 cm³/mol. The molecule has 2 unspecified atom stereocenters. The number of rotatable bonds is 4. The van der Waals surface area contributed by atoms with Crippen molar-refractivity contribution in [1.29, 1.82) is 0 Å². The molecule has 0 aromatic heterocycles. The van der Waals surface area contributed by atoms with Crippen molar-refractivity contribution in [3.05, 3.63) is 23.8 Å². The highest BCUT2D eigenvalue weighted by atomic mass is 32.1. The molecule has 0 saturated carbocycles. The monoisotopic (exact) mass is 229 g/mol. The highest BCUT2D eigenvalue weighted by molar-refractivity contribution is 7.80. The van der Waals surface area contributed by atoms with E-state index in [4.69, 9.17) is 10.5 Å². The molecule has 0 bridgehead atoms. The van der Waals surface area contributed by atoms with Gasteiger partial charge < -0.3 is 20.7 Å². The van der Waals surface area contributed by atoms with Crippen LogP contribution in [0.15, 0.2) is 18.2 Å². The number of hydrogen-bond donors (Lipinski definition) is 4. The molecule has 0 radical (unpaired) electrons. The summed E-state index contributed by atoms with van der Waals surface area (Å²) in [4.78, 5) is 0. The molecule has 1 aromatic rings. The summed E-state index contributed by atoms with van der Waals surface area (Å²) in [5.41, 5.74) is 6.62. The number of methoxy groups -OCH3 is 1. The van der Waals surface area contributed by atoms with Gasteiger partial charge in [0.25, 0.3) is 0 Å². The Balaban J connectivity index is 3.02. The molecular weight excluding hydrogens is 214 g/mol. The van der Waals surface area contributed by atoms with E-state index in [2.05, 4.69) is 12.6 Å². The van der Waals surface area contributed by atoms with E-state index in [0.717, 1.165) is 0 Å². The van der Waals surface area contributed by atoms with Crippen molar-refractivity contribution in [2.75, 3.05) is 18.6 Å². The molecule has 0 spiro atoms. The smallest absolute Gasteiger partial charge is 0.126 e. The van der Waals surface area contributed by atoms with Gasteiger partial charge in [-0.2, -0.15) is 12.6 Å². The first kappa shape index (κ1) is 12.2. The van der Waals surface area contributed by atoms with Crippen LogP contribution >= 0.6 is 12.6 Å². The van der Waals surface area contributed by atoms with Gasteiger partial charge in [-0.3, -0.25) is 0 Å². The summed E-state index contributed by atoms with van der Waals surface area (Å²) < 4.78 is 5.07. The van der Waals surface area contributed by atoms with Crippen molar-refractivity contribution in [2.24, 2.45) is 0 Å². The van der Waals surface area contributed by atoms with E-state index in [1.165, 1.54) is 7.11 Å². The third-order valence-corrected chi connectivity index (χ3v) is 2.50. The summed E-state index contributed by atoms with van der Waals surface area (Å²) in [6, 6.07) is 4.88. The zero-order valence-corrected chi connectivity index (χ0v) is 9.32. The molecule has 1 aromatic carbocycles. The van der Waals surface area contributed by atoms with E-state index in [1.54, 1.807) is 18.2 Å². The normalized spacial score (nSPS) is 14.7. The Morgan fingerprint density at radius 1 is 1.47 bits per heavy atom. The first-order valence-electron chi connectivity index (χ1n) is 4.50.